The van der Waals surface area contributed by atoms with Gasteiger partial charge in [0.2, 0.25) is 0 Å². The minimum Gasteiger partial charge on any atom is -0.506 e. The summed E-state index contributed by atoms with van der Waals surface area (Å²) in [4.78, 5) is 4.17. The molecule has 0 fully saturated rings. The maximum Gasteiger partial charge on any atom is 0.141 e. The molecule has 0 amide bonds. The van der Waals surface area contributed by atoms with Gasteiger partial charge in [0.15, 0.2) is 0 Å². The fourth-order valence-corrected chi connectivity index (χ4v) is 1.63. The lowest BCUT2D eigenvalue weighted by atomic mass is 10.0. The monoisotopic (exact) mass is 215 g/mol. The number of aryl methyl sites for hydroxylation is 1. The first-order chi connectivity index (χ1) is 7.72. The molecule has 0 aliphatic rings. The van der Waals surface area contributed by atoms with Crippen LogP contribution in [0.4, 0.5) is 0 Å². The van der Waals surface area contributed by atoms with E-state index in [1.54, 1.807) is 25.4 Å². The number of methoxy groups -OCH3 is 1. The van der Waals surface area contributed by atoms with Crippen molar-refractivity contribution < 1.29 is 9.84 Å². The van der Waals surface area contributed by atoms with E-state index in [0.29, 0.717) is 5.69 Å². The second-order valence-electron chi connectivity index (χ2n) is 3.55. The van der Waals surface area contributed by atoms with Gasteiger partial charge in [0.05, 0.1) is 7.11 Å². The highest BCUT2D eigenvalue weighted by molar-refractivity contribution is 5.69. The fraction of sp³-hybridized carbons (Fsp3) is 0.154. The number of hydrogen-bond donors (Lipinski definition) is 1. The van der Waals surface area contributed by atoms with Gasteiger partial charge in [-0.25, -0.2) is 0 Å². The number of rotatable bonds is 2. The van der Waals surface area contributed by atoms with Gasteiger partial charge in [-0.2, -0.15) is 0 Å². The molecule has 82 valence electrons. The molecule has 16 heavy (non-hydrogen) atoms. The van der Waals surface area contributed by atoms with Crippen LogP contribution in [0.25, 0.3) is 11.3 Å². The summed E-state index contributed by atoms with van der Waals surface area (Å²) in [5, 5.41) is 9.72. The zero-order chi connectivity index (χ0) is 11.5. The van der Waals surface area contributed by atoms with Crippen LogP contribution in [0.2, 0.25) is 0 Å². The maximum atomic E-state index is 9.72. The quantitative estimate of drug-likeness (QED) is 0.837. The third kappa shape index (κ3) is 1.84. The summed E-state index contributed by atoms with van der Waals surface area (Å²) in [6.45, 7) is 1.96. The number of pyridine rings is 1. The van der Waals surface area contributed by atoms with Crippen LogP contribution in [-0.2, 0) is 0 Å². The lowest BCUT2D eigenvalue weighted by Crippen LogP contribution is -1.89. The summed E-state index contributed by atoms with van der Waals surface area (Å²) >= 11 is 0. The van der Waals surface area contributed by atoms with Gasteiger partial charge >= 0.3 is 0 Å². The van der Waals surface area contributed by atoms with Crippen molar-refractivity contribution in [1.29, 1.82) is 0 Å². The Hall–Kier alpha value is -2.03. The van der Waals surface area contributed by atoms with E-state index in [-0.39, 0.29) is 5.75 Å². The average Bonchev–Trinajstić information content (AvgIpc) is 2.30. The minimum absolute atomic E-state index is 0.191. The molecular formula is C13H13NO2. The number of aromatic nitrogens is 1. The first kappa shape index (κ1) is 10.5. The van der Waals surface area contributed by atoms with E-state index in [1.165, 1.54) is 0 Å². The number of ether oxygens (including phenoxy) is 1. The van der Waals surface area contributed by atoms with E-state index >= 15 is 0 Å². The predicted octanol–water partition coefficient (Wildman–Crippen LogP) is 2.77. The Morgan fingerprint density at radius 3 is 2.69 bits per heavy atom. The molecule has 0 radical (unpaired) electrons. The molecule has 2 rings (SSSR count). The van der Waals surface area contributed by atoms with Gasteiger partial charge in [-0.05, 0) is 42.8 Å². The number of hydrogen-bond acceptors (Lipinski definition) is 3. The van der Waals surface area contributed by atoms with Crippen LogP contribution in [0.5, 0.6) is 11.5 Å². The van der Waals surface area contributed by atoms with Crippen molar-refractivity contribution in [3.63, 3.8) is 0 Å². The van der Waals surface area contributed by atoms with Crippen molar-refractivity contribution in [3.05, 3.63) is 42.1 Å². The van der Waals surface area contributed by atoms with Crippen LogP contribution >= 0.6 is 0 Å². The molecule has 2 aromatic rings. The Bertz CT molecular complexity index is 509. The Balaban J connectivity index is 2.53. The van der Waals surface area contributed by atoms with Gasteiger partial charge < -0.3 is 9.84 Å². The summed E-state index contributed by atoms with van der Waals surface area (Å²) in [5.74, 6) is 0.993. The molecule has 1 aromatic carbocycles. The molecule has 0 saturated heterocycles. The molecule has 1 aromatic heterocycles. The van der Waals surface area contributed by atoms with E-state index in [0.717, 1.165) is 16.9 Å². The lowest BCUT2D eigenvalue weighted by molar-refractivity contribution is 0.414. The predicted molar refractivity (Wildman–Crippen MR) is 62.6 cm³/mol. The molecule has 0 atom stereocenters. The zero-order valence-corrected chi connectivity index (χ0v) is 9.27. The highest BCUT2D eigenvalue weighted by Crippen LogP contribution is 2.30. The maximum absolute atomic E-state index is 9.72. The molecule has 0 unspecified atom stereocenters. The first-order valence-corrected chi connectivity index (χ1v) is 5.01. The van der Waals surface area contributed by atoms with Crippen LogP contribution in [0, 0.1) is 6.92 Å². The molecule has 3 nitrogen and oxygen atoms in total. The molecule has 0 aliphatic heterocycles. The summed E-state index contributed by atoms with van der Waals surface area (Å²) in [6.07, 6.45) is 1.67. The van der Waals surface area contributed by atoms with Crippen molar-refractivity contribution in [3.8, 4) is 22.8 Å². The standard InChI is InChI=1S/C13H13NO2/c1-9-8-10(16-2)5-6-11(9)13-12(15)4-3-7-14-13/h3-8,15H,1-2H3. The molecule has 0 spiro atoms. The van der Waals surface area contributed by atoms with Crippen LogP contribution in [0.1, 0.15) is 5.56 Å². The highest BCUT2D eigenvalue weighted by Gasteiger charge is 2.08. The molecule has 0 saturated carbocycles. The van der Waals surface area contributed by atoms with Gasteiger partial charge in [-0.15, -0.1) is 0 Å². The van der Waals surface area contributed by atoms with E-state index in [2.05, 4.69) is 4.98 Å². The van der Waals surface area contributed by atoms with Gasteiger partial charge in [0, 0.05) is 11.8 Å². The topological polar surface area (TPSA) is 42.4 Å². The number of aromatic hydroxyl groups is 1. The SMILES string of the molecule is COc1ccc(-c2ncccc2O)c(C)c1. The third-order valence-electron chi connectivity index (χ3n) is 2.48. The van der Waals surface area contributed by atoms with Crippen molar-refractivity contribution in [1.82, 2.24) is 4.98 Å². The Kier molecular flexibility index (Phi) is 2.77. The Labute approximate surface area is 94.3 Å². The van der Waals surface area contributed by atoms with Crippen molar-refractivity contribution >= 4 is 0 Å². The zero-order valence-electron chi connectivity index (χ0n) is 9.27. The summed E-state index contributed by atoms with van der Waals surface area (Å²) in [6, 6.07) is 9.01. The normalized spacial score (nSPS) is 10.1. The summed E-state index contributed by atoms with van der Waals surface area (Å²) in [7, 11) is 1.63. The van der Waals surface area contributed by atoms with E-state index in [1.807, 2.05) is 25.1 Å². The van der Waals surface area contributed by atoms with E-state index in [4.69, 9.17) is 4.74 Å². The summed E-state index contributed by atoms with van der Waals surface area (Å²) in [5.41, 5.74) is 2.54. The van der Waals surface area contributed by atoms with Gasteiger partial charge in [-0.3, -0.25) is 4.98 Å². The Morgan fingerprint density at radius 1 is 1.25 bits per heavy atom. The average molecular weight is 215 g/mol. The minimum atomic E-state index is 0.191. The van der Waals surface area contributed by atoms with Crippen molar-refractivity contribution in [2.45, 2.75) is 6.92 Å². The molecule has 3 heteroatoms. The van der Waals surface area contributed by atoms with E-state index in [9.17, 15) is 5.11 Å². The lowest BCUT2D eigenvalue weighted by Gasteiger charge is -2.08. The molecule has 0 bridgehead atoms. The fourth-order valence-electron chi connectivity index (χ4n) is 1.63. The van der Waals surface area contributed by atoms with Gasteiger partial charge in [0.1, 0.15) is 17.2 Å². The first-order valence-electron chi connectivity index (χ1n) is 5.01. The Morgan fingerprint density at radius 2 is 2.06 bits per heavy atom. The second-order valence-corrected chi connectivity index (χ2v) is 3.55. The highest BCUT2D eigenvalue weighted by atomic mass is 16.5. The van der Waals surface area contributed by atoms with Gasteiger partial charge in [0.25, 0.3) is 0 Å². The van der Waals surface area contributed by atoms with Crippen LogP contribution in [0.15, 0.2) is 36.5 Å². The molecule has 1 N–H and O–H groups in total. The molecule has 0 aliphatic carbocycles. The smallest absolute Gasteiger partial charge is 0.141 e. The largest absolute Gasteiger partial charge is 0.506 e. The van der Waals surface area contributed by atoms with E-state index < -0.39 is 0 Å². The van der Waals surface area contributed by atoms with Crippen LogP contribution in [-0.4, -0.2) is 17.2 Å². The number of benzene rings is 1. The van der Waals surface area contributed by atoms with Crippen LogP contribution in [0.3, 0.4) is 0 Å². The third-order valence-corrected chi connectivity index (χ3v) is 2.48. The molecule has 1 heterocycles. The second kappa shape index (κ2) is 4.23. The number of nitrogens with zero attached hydrogens (tertiary/aromatic N) is 1. The van der Waals surface area contributed by atoms with Crippen molar-refractivity contribution in [2.24, 2.45) is 0 Å². The summed E-state index contributed by atoms with van der Waals surface area (Å²) < 4.78 is 5.13. The van der Waals surface area contributed by atoms with Crippen LogP contribution < -0.4 is 4.74 Å². The van der Waals surface area contributed by atoms with Crippen molar-refractivity contribution in [2.75, 3.05) is 7.11 Å². The van der Waals surface area contributed by atoms with Gasteiger partial charge in [-0.1, -0.05) is 0 Å². The molecular weight excluding hydrogens is 202 g/mol.